The molecule has 1 heterocycles. The number of urea groups is 1. The molecule has 4 atom stereocenters. The summed E-state index contributed by atoms with van der Waals surface area (Å²) in [4.78, 5) is 111. The number of hydrogen-bond acceptors (Lipinski definition) is 11. The number of carboxylic acids is 1. The number of nitrogens with two attached hydrogens (primary N) is 1. The third-order valence-electron chi connectivity index (χ3n) is 8.03. The molecule has 0 aliphatic carbocycles. The topological polar surface area (TPSA) is 282 Å². The van der Waals surface area contributed by atoms with Crippen LogP contribution in [0.2, 0.25) is 0 Å². The molecule has 0 spiro atoms. The molecule has 1 aliphatic rings. The van der Waals surface area contributed by atoms with Crippen LogP contribution in [0.3, 0.4) is 0 Å². The Bertz CT molecular complexity index is 1560. The van der Waals surface area contributed by atoms with Crippen LogP contribution in [0, 0.1) is 11.8 Å². The molecule has 296 valence electrons. The van der Waals surface area contributed by atoms with Gasteiger partial charge in [-0.25, -0.2) is 14.4 Å². The number of aliphatic carboxylic acids is 1. The zero-order valence-electron chi connectivity index (χ0n) is 30.8. The van der Waals surface area contributed by atoms with Gasteiger partial charge in [0.25, 0.3) is 11.8 Å². The van der Waals surface area contributed by atoms with E-state index in [9.17, 15) is 48.3 Å². The van der Waals surface area contributed by atoms with Gasteiger partial charge in [-0.1, -0.05) is 46.8 Å². The van der Waals surface area contributed by atoms with Crippen molar-refractivity contribution < 1.29 is 57.7 Å². The Morgan fingerprint density at radius 1 is 0.833 bits per heavy atom. The van der Waals surface area contributed by atoms with Crippen LogP contribution in [0.25, 0.3) is 0 Å². The molecule has 0 aromatic heterocycles. The maximum absolute atomic E-state index is 13.4. The van der Waals surface area contributed by atoms with Crippen molar-refractivity contribution in [3.8, 4) is 0 Å². The number of carbonyl (C=O) groups excluding carboxylic acids is 8. The van der Waals surface area contributed by atoms with Crippen LogP contribution in [0.1, 0.15) is 65.9 Å². The van der Waals surface area contributed by atoms with E-state index in [0.29, 0.717) is 11.3 Å². The average Bonchev–Trinajstić information content (AvgIpc) is 3.43. The zero-order valence-corrected chi connectivity index (χ0v) is 30.8. The Morgan fingerprint density at radius 3 is 1.98 bits per heavy atom. The number of primary amides is 1. The van der Waals surface area contributed by atoms with Crippen LogP contribution in [0.4, 0.5) is 15.3 Å². The highest BCUT2D eigenvalue weighted by Gasteiger charge is 2.35. The molecule has 0 bridgehead atoms. The molecule has 0 radical (unpaired) electrons. The van der Waals surface area contributed by atoms with Crippen molar-refractivity contribution in [3.63, 3.8) is 0 Å². The summed E-state index contributed by atoms with van der Waals surface area (Å²) in [6, 6.07) is 1.64. The van der Waals surface area contributed by atoms with E-state index in [2.05, 4.69) is 26.6 Å². The highest BCUT2D eigenvalue weighted by atomic mass is 16.7. The molecule has 1 aliphatic heterocycles. The Morgan fingerprint density at radius 2 is 1.44 bits per heavy atom. The Hall–Kier alpha value is -6.01. The molecule has 19 nitrogen and oxygen atoms in total. The van der Waals surface area contributed by atoms with Gasteiger partial charge in [0.05, 0.1) is 0 Å². The summed E-state index contributed by atoms with van der Waals surface area (Å²) in [5.74, 6) is -5.78. The van der Waals surface area contributed by atoms with Crippen LogP contribution in [0.5, 0.6) is 0 Å². The van der Waals surface area contributed by atoms with E-state index >= 15 is 0 Å². The molecule has 54 heavy (non-hydrogen) atoms. The lowest BCUT2D eigenvalue weighted by atomic mass is 9.99. The van der Waals surface area contributed by atoms with E-state index in [-0.39, 0.29) is 45.4 Å². The fourth-order valence-electron chi connectivity index (χ4n) is 5.04. The largest absolute Gasteiger partial charge is 0.508 e. The summed E-state index contributed by atoms with van der Waals surface area (Å²) in [6.07, 6.45) is -0.0779. The van der Waals surface area contributed by atoms with Crippen molar-refractivity contribution in [2.75, 3.05) is 18.4 Å². The van der Waals surface area contributed by atoms with E-state index in [4.69, 9.17) is 15.2 Å². The van der Waals surface area contributed by atoms with Crippen molar-refractivity contribution in [3.05, 3.63) is 42.0 Å². The number of benzene rings is 1. The number of carbonyl (C=O) groups is 9. The van der Waals surface area contributed by atoms with E-state index in [1.54, 1.807) is 46.8 Å². The summed E-state index contributed by atoms with van der Waals surface area (Å²) in [5.41, 5.74) is 5.92. The second-order valence-electron chi connectivity index (χ2n) is 13.0. The van der Waals surface area contributed by atoms with E-state index in [1.807, 2.05) is 0 Å². The summed E-state index contributed by atoms with van der Waals surface area (Å²) in [7, 11) is 0. The minimum atomic E-state index is -1.49. The molecule has 8 amide bonds. The van der Waals surface area contributed by atoms with Gasteiger partial charge in [-0.05, 0) is 42.4 Å². The van der Waals surface area contributed by atoms with E-state index in [1.165, 1.54) is 12.1 Å². The fraction of sp³-hybridized carbons (Fsp3) is 0.514. The van der Waals surface area contributed by atoms with E-state index in [0.717, 1.165) is 17.1 Å². The lowest BCUT2D eigenvalue weighted by Crippen LogP contribution is -2.54. The van der Waals surface area contributed by atoms with Gasteiger partial charge in [0.1, 0.15) is 24.8 Å². The average molecular weight is 760 g/mol. The molecule has 1 aromatic rings. The molecular weight excluding hydrogens is 710 g/mol. The number of ether oxygens (including phenoxy) is 2. The number of nitrogens with one attached hydrogen (secondary N) is 5. The molecule has 2 rings (SSSR count). The lowest BCUT2D eigenvalue weighted by Gasteiger charge is -2.27. The normalized spacial score (nSPS) is 14.5. The first kappa shape index (κ1) is 44.2. The van der Waals surface area contributed by atoms with Gasteiger partial charge in [-0.2, -0.15) is 0 Å². The van der Waals surface area contributed by atoms with Crippen LogP contribution in [0.15, 0.2) is 36.4 Å². The number of hydrogen-bond donors (Lipinski definition) is 7. The van der Waals surface area contributed by atoms with Crippen molar-refractivity contribution >= 4 is 59.3 Å². The molecule has 8 N–H and O–H groups in total. The van der Waals surface area contributed by atoms with Gasteiger partial charge in [0.15, 0.2) is 6.04 Å². The van der Waals surface area contributed by atoms with Crippen molar-refractivity contribution in [2.24, 2.45) is 17.6 Å². The molecule has 0 fully saturated rings. The number of anilines is 1. The van der Waals surface area contributed by atoms with E-state index < -0.39 is 89.7 Å². The standard InChI is InChI=1S/C35H49N7O12/c1-6-24(43)40-29(33(49)50)30(20(4)5)54-35(52)53-18-21-9-11-22(12-10-21)38-31(47)23(8-7-16-37-34(36)51)39-32(48)28(19(2)3)41-25(44)15-17-42-26(45)13-14-27(42)46/h9-14,19-20,23,28-30H,6-8,15-18H2,1-5H3,(H,38,47)(H,39,48)(H,40,43)(H,41,44)(H,49,50)(H3,36,37,51)/t23-,28-,29-,30+/m0/s1. The number of amides is 8. The van der Waals surface area contributed by atoms with Crippen LogP contribution < -0.4 is 32.3 Å². The van der Waals surface area contributed by atoms with Crippen molar-refractivity contribution in [1.82, 2.24) is 26.2 Å². The van der Waals surface area contributed by atoms with Gasteiger partial charge >= 0.3 is 18.2 Å². The predicted octanol–water partition coefficient (Wildman–Crippen LogP) is 0.672. The van der Waals surface area contributed by atoms with Gasteiger partial charge < -0.3 is 46.9 Å². The van der Waals surface area contributed by atoms with Gasteiger partial charge in [0, 0.05) is 43.8 Å². The summed E-state index contributed by atoms with van der Waals surface area (Å²) in [6.45, 7) is 7.82. The van der Waals surface area contributed by atoms with Crippen LogP contribution in [-0.4, -0.2) is 101 Å². The SMILES string of the molecule is CCC(=O)N[C@H](C(=O)O)[C@H](OC(=O)OCc1ccc(NC(=O)[C@H](CCCNC(N)=O)NC(=O)[C@@H](NC(=O)CCN2C(=O)C=CC2=O)C(C)C)cc1)C(C)C. The fourth-order valence-corrected chi connectivity index (χ4v) is 5.04. The Labute approximate surface area is 312 Å². The van der Waals surface area contributed by atoms with Crippen molar-refractivity contribution in [2.45, 2.75) is 91.1 Å². The number of carboxylic acid groups (broad SMARTS) is 1. The maximum Gasteiger partial charge on any atom is 0.508 e. The number of imide groups is 1. The molecule has 0 saturated heterocycles. The predicted molar refractivity (Wildman–Crippen MR) is 191 cm³/mol. The maximum atomic E-state index is 13.4. The second-order valence-corrected chi connectivity index (χ2v) is 13.0. The van der Waals surface area contributed by atoms with Crippen LogP contribution >= 0.6 is 0 Å². The molecule has 19 heteroatoms. The third-order valence-corrected chi connectivity index (χ3v) is 8.03. The van der Waals surface area contributed by atoms with Gasteiger partial charge in [-0.3, -0.25) is 33.7 Å². The molecule has 0 unspecified atom stereocenters. The van der Waals surface area contributed by atoms with Gasteiger partial charge in [0.2, 0.25) is 23.6 Å². The molecular formula is C35H49N7O12. The minimum absolute atomic E-state index is 0.0339. The second kappa shape index (κ2) is 21.5. The Kier molecular flexibility index (Phi) is 17.6. The Balaban J connectivity index is 2.05. The summed E-state index contributed by atoms with van der Waals surface area (Å²) < 4.78 is 10.4. The third kappa shape index (κ3) is 14.5. The van der Waals surface area contributed by atoms with Crippen molar-refractivity contribution in [1.29, 1.82) is 0 Å². The highest BCUT2D eigenvalue weighted by Crippen LogP contribution is 2.16. The summed E-state index contributed by atoms with van der Waals surface area (Å²) in [5, 5.41) is 22.3. The number of nitrogens with zero attached hydrogens (tertiary/aromatic N) is 1. The monoisotopic (exact) mass is 759 g/mol. The zero-order chi connectivity index (χ0) is 40.5. The molecule has 0 saturated carbocycles. The first-order valence-electron chi connectivity index (χ1n) is 17.3. The lowest BCUT2D eigenvalue weighted by molar-refractivity contribution is -0.147. The molecule has 1 aromatic carbocycles. The number of rotatable bonds is 21. The van der Waals surface area contributed by atoms with Crippen LogP contribution in [-0.2, 0) is 49.6 Å². The quantitative estimate of drug-likeness (QED) is 0.0518. The first-order chi connectivity index (χ1) is 25.4. The summed E-state index contributed by atoms with van der Waals surface area (Å²) >= 11 is 0. The first-order valence-corrected chi connectivity index (χ1v) is 17.3. The smallest absolute Gasteiger partial charge is 0.480 e. The highest BCUT2D eigenvalue weighted by molar-refractivity contribution is 6.13. The van der Waals surface area contributed by atoms with Gasteiger partial charge in [-0.15, -0.1) is 0 Å². The minimum Gasteiger partial charge on any atom is -0.480 e.